The highest BCUT2D eigenvalue weighted by Gasteiger charge is 2.31. The van der Waals surface area contributed by atoms with Gasteiger partial charge in [-0.15, -0.1) is 18.3 Å². The molecular formula is C21H21F3N4O4. The predicted molar refractivity (Wildman–Crippen MR) is 113 cm³/mol. The first-order chi connectivity index (χ1) is 15.2. The van der Waals surface area contributed by atoms with Crippen molar-refractivity contribution in [2.45, 2.75) is 19.7 Å². The molecule has 0 aliphatic carbocycles. The standard InChI is InChI=1S/C21H21F3N4O4/c1-14-9-11-31-12-17(14)19(25-18-4-3-10-27(2)20(18)30)26-28(13-29)15-5-7-16(8-6-15)32-21(22,23)24/h3-8,10,13H,9,11-12H2,1-2H3,(H,25,26). The minimum atomic E-state index is -4.83. The van der Waals surface area contributed by atoms with Crippen LogP contribution in [0.4, 0.5) is 24.5 Å². The number of halogens is 3. The highest BCUT2D eigenvalue weighted by Crippen LogP contribution is 2.26. The number of aromatic nitrogens is 1. The second-order valence-electron chi connectivity index (χ2n) is 6.96. The summed E-state index contributed by atoms with van der Waals surface area (Å²) in [5.74, 6) is -0.213. The minimum absolute atomic E-state index is 0.199. The minimum Gasteiger partial charge on any atom is -0.406 e. The Bertz CT molecular complexity index is 1090. The van der Waals surface area contributed by atoms with Crippen LogP contribution >= 0.6 is 0 Å². The van der Waals surface area contributed by atoms with Crippen LogP contribution in [0, 0.1) is 0 Å². The maximum atomic E-state index is 12.5. The average Bonchev–Trinajstić information content (AvgIpc) is 2.74. The Morgan fingerprint density at radius 3 is 2.62 bits per heavy atom. The Labute approximate surface area is 181 Å². The van der Waals surface area contributed by atoms with E-state index in [0.29, 0.717) is 25.0 Å². The average molecular weight is 450 g/mol. The van der Waals surface area contributed by atoms with Crippen molar-refractivity contribution < 1.29 is 27.4 Å². The number of hydrazone groups is 1. The first-order valence-electron chi connectivity index (χ1n) is 9.56. The van der Waals surface area contributed by atoms with Crippen LogP contribution in [0.3, 0.4) is 0 Å². The molecule has 0 unspecified atom stereocenters. The van der Waals surface area contributed by atoms with Crippen molar-refractivity contribution >= 4 is 23.6 Å². The summed E-state index contributed by atoms with van der Waals surface area (Å²) in [4.78, 5) is 24.2. The van der Waals surface area contributed by atoms with E-state index < -0.39 is 12.1 Å². The molecule has 11 heteroatoms. The van der Waals surface area contributed by atoms with Gasteiger partial charge in [0.25, 0.3) is 5.56 Å². The second-order valence-corrected chi connectivity index (χ2v) is 6.96. The van der Waals surface area contributed by atoms with E-state index in [1.54, 1.807) is 25.4 Å². The van der Waals surface area contributed by atoms with E-state index in [1.165, 1.54) is 16.7 Å². The van der Waals surface area contributed by atoms with Crippen LogP contribution in [0.1, 0.15) is 13.3 Å². The number of rotatable bonds is 6. The molecule has 1 amide bonds. The molecule has 0 radical (unpaired) electrons. The quantitative estimate of drug-likeness (QED) is 0.316. The van der Waals surface area contributed by atoms with Gasteiger partial charge < -0.3 is 19.4 Å². The van der Waals surface area contributed by atoms with Crippen molar-refractivity contribution in [3.63, 3.8) is 0 Å². The molecule has 0 bridgehead atoms. The number of nitrogens with one attached hydrogen (secondary N) is 1. The van der Waals surface area contributed by atoms with Gasteiger partial charge in [-0.2, -0.15) is 0 Å². The molecule has 8 nitrogen and oxygen atoms in total. The van der Waals surface area contributed by atoms with Gasteiger partial charge in [0, 0.05) is 18.8 Å². The van der Waals surface area contributed by atoms with E-state index in [2.05, 4.69) is 15.2 Å². The Hall–Kier alpha value is -3.60. The maximum absolute atomic E-state index is 12.5. The molecule has 2 heterocycles. The van der Waals surface area contributed by atoms with Crippen molar-refractivity contribution in [3.05, 3.63) is 64.1 Å². The summed E-state index contributed by atoms with van der Waals surface area (Å²) < 4.78 is 47.9. The van der Waals surface area contributed by atoms with Gasteiger partial charge in [0.1, 0.15) is 11.4 Å². The lowest BCUT2D eigenvalue weighted by molar-refractivity contribution is -0.274. The van der Waals surface area contributed by atoms with Gasteiger partial charge in [-0.1, -0.05) is 5.57 Å². The molecule has 1 aromatic carbocycles. The molecule has 1 N–H and O–H groups in total. The molecule has 0 saturated heterocycles. The number of benzene rings is 1. The Kier molecular flexibility index (Phi) is 6.98. The van der Waals surface area contributed by atoms with Gasteiger partial charge in [-0.3, -0.25) is 9.59 Å². The molecule has 1 aliphatic heterocycles. The SMILES string of the molecule is CC1=C(/C(=N\N(C=O)c2ccc(OC(F)(F)F)cc2)Nc2cccn(C)c2=O)COCC1. The summed E-state index contributed by atoms with van der Waals surface area (Å²) in [5, 5.41) is 8.25. The molecule has 32 heavy (non-hydrogen) atoms. The molecule has 3 rings (SSSR count). The zero-order chi connectivity index (χ0) is 23.3. The van der Waals surface area contributed by atoms with Crippen molar-refractivity contribution in [3.8, 4) is 5.75 Å². The smallest absolute Gasteiger partial charge is 0.406 e. The second kappa shape index (κ2) is 9.69. The molecule has 1 aliphatic rings. The van der Waals surface area contributed by atoms with Crippen molar-refractivity contribution in [2.24, 2.45) is 12.1 Å². The van der Waals surface area contributed by atoms with Crippen LogP contribution in [0.2, 0.25) is 0 Å². The number of ether oxygens (including phenoxy) is 2. The van der Waals surface area contributed by atoms with Crippen LogP contribution in [-0.2, 0) is 16.6 Å². The molecule has 0 saturated carbocycles. The number of carbonyl (C=O) groups excluding carboxylic acids is 1. The number of alkyl halides is 3. The van der Waals surface area contributed by atoms with Crippen LogP contribution in [0.25, 0.3) is 0 Å². The summed E-state index contributed by atoms with van der Waals surface area (Å²) >= 11 is 0. The van der Waals surface area contributed by atoms with E-state index in [1.807, 2.05) is 6.92 Å². The zero-order valence-electron chi connectivity index (χ0n) is 17.3. The van der Waals surface area contributed by atoms with Gasteiger partial charge in [0.15, 0.2) is 5.84 Å². The Morgan fingerprint density at radius 2 is 2.00 bits per heavy atom. The monoisotopic (exact) mass is 450 g/mol. The molecule has 1 aromatic heterocycles. The van der Waals surface area contributed by atoms with E-state index in [0.717, 1.165) is 22.7 Å². The van der Waals surface area contributed by atoms with Crippen LogP contribution in [-0.4, -0.2) is 36.4 Å². The largest absolute Gasteiger partial charge is 0.573 e. The van der Waals surface area contributed by atoms with Crippen molar-refractivity contribution in [2.75, 3.05) is 23.5 Å². The lowest BCUT2D eigenvalue weighted by Gasteiger charge is -2.22. The molecule has 170 valence electrons. The lowest BCUT2D eigenvalue weighted by Crippen LogP contribution is -2.30. The van der Waals surface area contributed by atoms with E-state index in [-0.39, 0.29) is 29.4 Å². The third-order valence-electron chi connectivity index (χ3n) is 4.69. The highest BCUT2D eigenvalue weighted by atomic mass is 19.4. The van der Waals surface area contributed by atoms with Crippen LogP contribution in [0.15, 0.2) is 63.6 Å². The van der Waals surface area contributed by atoms with Gasteiger partial charge in [0.2, 0.25) is 6.41 Å². The third kappa shape index (κ3) is 5.76. The van der Waals surface area contributed by atoms with Gasteiger partial charge in [-0.05, 0) is 49.7 Å². The topological polar surface area (TPSA) is 85.2 Å². The number of hydrogen-bond donors (Lipinski definition) is 1. The van der Waals surface area contributed by atoms with E-state index in [4.69, 9.17) is 4.74 Å². The molecule has 0 fully saturated rings. The Morgan fingerprint density at radius 1 is 1.28 bits per heavy atom. The van der Waals surface area contributed by atoms with Crippen LogP contribution < -0.4 is 20.6 Å². The number of hydrogen-bond acceptors (Lipinski definition) is 5. The molecular weight excluding hydrogens is 429 g/mol. The zero-order valence-corrected chi connectivity index (χ0v) is 17.3. The van der Waals surface area contributed by atoms with Crippen LogP contribution in [0.5, 0.6) is 5.75 Å². The summed E-state index contributed by atoms with van der Waals surface area (Å²) in [6.45, 7) is 2.65. The molecule has 2 aromatic rings. The number of carbonyl (C=O) groups is 1. The maximum Gasteiger partial charge on any atom is 0.573 e. The number of pyridine rings is 1. The fourth-order valence-electron chi connectivity index (χ4n) is 2.98. The summed E-state index contributed by atoms with van der Waals surface area (Å²) in [5.41, 5.74) is 1.77. The normalized spacial score (nSPS) is 14.8. The number of nitrogens with zero attached hydrogens (tertiary/aromatic N) is 3. The molecule has 0 atom stereocenters. The fraction of sp³-hybridized carbons (Fsp3) is 0.286. The van der Waals surface area contributed by atoms with Crippen molar-refractivity contribution in [1.82, 2.24) is 4.57 Å². The molecule has 0 spiro atoms. The van der Waals surface area contributed by atoms with Gasteiger partial charge in [-0.25, -0.2) is 5.01 Å². The Balaban J connectivity index is 1.98. The van der Waals surface area contributed by atoms with E-state index >= 15 is 0 Å². The first-order valence-corrected chi connectivity index (χ1v) is 9.56. The summed E-state index contributed by atoms with van der Waals surface area (Å²) in [6, 6.07) is 7.92. The summed E-state index contributed by atoms with van der Waals surface area (Å²) in [7, 11) is 1.60. The number of anilines is 2. The highest BCUT2D eigenvalue weighted by molar-refractivity contribution is 6.09. The number of amidine groups is 1. The van der Waals surface area contributed by atoms with Gasteiger partial charge >= 0.3 is 6.36 Å². The fourth-order valence-corrected chi connectivity index (χ4v) is 2.98. The first kappa shape index (κ1) is 23.1. The third-order valence-corrected chi connectivity index (χ3v) is 4.69. The lowest BCUT2D eigenvalue weighted by atomic mass is 10.0. The van der Waals surface area contributed by atoms with Gasteiger partial charge in [0.05, 0.1) is 18.9 Å². The number of amides is 1. The number of aryl methyl sites for hydroxylation is 1. The summed E-state index contributed by atoms with van der Waals surface area (Å²) in [6.07, 6.45) is -2.17. The van der Waals surface area contributed by atoms with Crippen molar-refractivity contribution in [1.29, 1.82) is 0 Å². The van der Waals surface area contributed by atoms with E-state index in [9.17, 15) is 22.8 Å². The predicted octanol–water partition coefficient (Wildman–Crippen LogP) is 3.41.